The number of thioether (sulfide) groups is 1. The Bertz CT molecular complexity index is 741. The molecule has 1 N–H and O–H groups in total. The molecule has 0 aliphatic rings. The van der Waals surface area contributed by atoms with Gasteiger partial charge in [-0.25, -0.2) is 0 Å². The summed E-state index contributed by atoms with van der Waals surface area (Å²) in [5, 5.41) is 2.57. The van der Waals surface area contributed by atoms with E-state index in [2.05, 4.69) is 5.32 Å². The van der Waals surface area contributed by atoms with E-state index >= 15 is 0 Å². The Kier molecular flexibility index (Phi) is 8.06. The fourth-order valence-electron chi connectivity index (χ4n) is 2.04. The average molecular weight is 395 g/mol. The van der Waals surface area contributed by atoms with Crippen LogP contribution in [0.1, 0.15) is 13.3 Å². The van der Waals surface area contributed by atoms with E-state index in [0.717, 1.165) is 0 Å². The van der Waals surface area contributed by atoms with Gasteiger partial charge in [-0.2, -0.15) is 8.78 Å². The van der Waals surface area contributed by atoms with E-state index in [9.17, 15) is 18.4 Å². The topological polar surface area (TPSA) is 64.6 Å². The number of esters is 1. The first-order chi connectivity index (χ1) is 12.9. The Morgan fingerprint density at radius 2 is 1.74 bits per heavy atom. The van der Waals surface area contributed by atoms with Crippen LogP contribution >= 0.6 is 11.8 Å². The molecule has 2 aromatic carbocycles. The highest BCUT2D eigenvalue weighted by Crippen LogP contribution is 2.26. The lowest BCUT2D eigenvalue weighted by Gasteiger charge is -2.14. The normalized spacial score (nSPS) is 11.7. The molecule has 27 heavy (non-hydrogen) atoms. The molecule has 144 valence electrons. The summed E-state index contributed by atoms with van der Waals surface area (Å²) in [6.07, 6.45) is -0.990. The standard InChI is InChI=1S/C19H19F2NO4S/c1-13(26-17(23)11-12-25-15-5-3-2-4-6-15)18(24)22-14-7-9-16(10-8-14)27-19(20)21/h2-10,13,19H,11-12H2,1H3,(H,22,24)/t13-/m1/s1. The molecular formula is C19H19F2NO4S. The maximum Gasteiger partial charge on any atom is 0.310 e. The molecule has 0 bridgehead atoms. The van der Waals surface area contributed by atoms with Gasteiger partial charge in [0.05, 0.1) is 13.0 Å². The second kappa shape index (κ2) is 10.5. The van der Waals surface area contributed by atoms with Crippen molar-refractivity contribution >= 4 is 29.3 Å². The molecule has 5 nitrogen and oxygen atoms in total. The maximum absolute atomic E-state index is 12.3. The van der Waals surface area contributed by atoms with Crippen molar-refractivity contribution in [2.24, 2.45) is 0 Å². The molecule has 1 atom stereocenters. The molecule has 0 unspecified atom stereocenters. The van der Waals surface area contributed by atoms with Gasteiger partial charge in [0.1, 0.15) is 5.75 Å². The van der Waals surface area contributed by atoms with Crippen molar-refractivity contribution in [3.63, 3.8) is 0 Å². The molecule has 0 aromatic heterocycles. The fourth-order valence-corrected chi connectivity index (χ4v) is 2.54. The molecular weight excluding hydrogens is 376 g/mol. The van der Waals surface area contributed by atoms with Crippen molar-refractivity contribution in [3.8, 4) is 5.75 Å². The molecule has 2 aromatic rings. The Hall–Kier alpha value is -2.61. The van der Waals surface area contributed by atoms with E-state index < -0.39 is 23.7 Å². The molecule has 0 radical (unpaired) electrons. The number of nitrogens with one attached hydrogen (secondary N) is 1. The van der Waals surface area contributed by atoms with Gasteiger partial charge in [0.15, 0.2) is 6.10 Å². The fraction of sp³-hybridized carbons (Fsp3) is 0.263. The molecule has 0 spiro atoms. The molecule has 0 aliphatic heterocycles. The lowest BCUT2D eigenvalue weighted by Crippen LogP contribution is -2.30. The van der Waals surface area contributed by atoms with Crippen LogP contribution in [0.5, 0.6) is 5.75 Å². The summed E-state index contributed by atoms with van der Waals surface area (Å²) in [7, 11) is 0. The Morgan fingerprint density at radius 1 is 1.07 bits per heavy atom. The van der Waals surface area contributed by atoms with Crippen LogP contribution in [0, 0.1) is 0 Å². The van der Waals surface area contributed by atoms with E-state index in [0.29, 0.717) is 28.1 Å². The molecule has 8 heteroatoms. The van der Waals surface area contributed by atoms with E-state index in [1.165, 1.54) is 31.2 Å². The van der Waals surface area contributed by atoms with Gasteiger partial charge in [0.25, 0.3) is 11.7 Å². The number of hydrogen-bond acceptors (Lipinski definition) is 5. The molecule has 0 aliphatic carbocycles. The maximum atomic E-state index is 12.3. The number of rotatable bonds is 9. The first kappa shape index (κ1) is 20.7. The van der Waals surface area contributed by atoms with Crippen LogP contribution < -0.4 is 10.1 Å². The highest BCUT2D eigenvalue weighted by atomic mass is 32.2. The number of carbonyl (C=O) groups is 2. The zero-order valence-corrected chi connectivity index (χ0v) is 15.4. The third-order valence-electron chi connectivity index (χ3n) is 3.34. The van der Waals surface area contributed by atoms with Crippen LogP contribution in [-0.4, -0.2) is 30.3 Å². The van der Waals surface area contributed by atoms with Gasteiger partial charge in [-0.1, -0.05) is 30.0 Å². The minimum absolute atomic E-state index is 0.00601. The van der Waals surface area contributed by atoms with Gasteiger partial charge >= 0.3 is 5.97 Å². The molecule has 0 fully saturated rings. The first-order valence-electron chi connectivity index (χ1n) is 8.17. The summed E-state index contributed by atoms with van der Waals surface area (Å²) in [6, 6.07) is 15.0. The van der Waals surface area contributed by atoms with Gasteiger partial charge in [0.2, 0.25) is 0 Å². The smallest absolute Gasteiger partial charge is 0.310 e. The summed E-state index contributed by atoms with van der Waals surface area (Å²) in [4.78, 5) is 24.2. The molecule has 0 heterocycles. The monoisotopic (exact) mass is 395 g/mol. The number of para-hydroxylation sites is 1. The number of carbonyl (C=O) groups excluding carboxylic acids is 2. The second-order valence-electron chi connectivity index (χ2n) is 5.44. The minimum Gasteiger partial charge on any atom is -0.493 e. The molecule has 0 saturated carbocycles. The zero-order chi connectivity index (χ0) is 19.6. The predicted molar refractivity (Wildman–Crippen MR) is 99.0 cm³/mol. The molecule has 2 rings (SSSR count). The van der Waals surface area contributed by atoms with Crippen LogP contribution in [0.15, 0.2) is 59.5 Å². The molecule has 0 saturated heterocycles. The highest BCUT2D eigenvalue weighted by molar-refractivity contribution is 7.99. The van der Waals surface area contributed by atoms with Crippen molar-refractivity contribution in [2.45, 2.75) is 30.1 Å². The third kappa shape index (κ3) is 7.65. The Labute approximate surface area is 160 Å². The van der Waals surface area contributed by atoms with E-state index in [-0.39, 0.29) is 13.0 Å². The summed E-state index contributed by atoms with van der Waals surface area (Å²) in [5.74, 6) is -2.93. The quantitative estimate of drug-likeness (QED) is 0.505. The van der Waals surface area contributed by atoms with Crippen LogP contribution in [0.3, 0.4) is 0 Å². The predicted octanol–water partition coefficient (Wildman–Crippen LogP) is 4.34. The summed E-state index contributed by atoms with van der Waals surface area (Å²) in [6.45, 7) is 1.59. The number of amides is 1. The van der Waals surface area contributed by atoms with Crippen molar-refractivity contribution in [3.05, 3.63) is 54.6 Å². The number of halogens is 2. The summed E-state index contributed by atoms with van der Waals surface area (Å²) >= 11 is 0.419. The number of benzene rings is 2. The van der Waals surface area contributed by atoms with Crippen molar-refractivity contribution < 1.29 is 27.8 Å². The number of ether oxygens (including phenoxy) is 2. The lowest BCUT2D eigenvalue weighted by molar-refractivity contribution is -0.153. The first-order valence-corrected chi connectivity index (χ1v) is 9.05. The number of hydrogen-bond donors (Lipinski definition) is 1. The highest BCUT2D eigenvalue weighted by Gasteiger charge is 2.18. The average Bonchev–Trinajstić information content (AvgIpc) is 2.63. The second-order valence-corrected chi connectivity index (χ2v) is 6.50. The van der Waals surface area contributed by atoms with Crippen LogP contribution in [-0.2, 0) is 14.3 Å². The van der Waals surface area contributed by atoms with E-state index in [1.54, 1.807) is 12.1 Å². The number of anilines is 1. The van der Waals surface area contributed by atoms with E-state index in [1.807, 2.05) is 18.2 Å². The largest absolute Gasteiger partial charge is 0.493 e. The third-order valence-corrected chi connectivity index (χ3v) is 4.07. The summed E-state index contributed by atoms with van der Waals surface area (Å²) in [5.41, 5.74) is 0.425. The molecule has 1 amide bonds. The van der Waals surface area contributed by atoms with Crippen LogP contribution in [0.2, 0.25) is 0 Å². The summed E-state index contributed by atoms with van der Waals surface area (Å²) < 4.78 is 35.0. The van der Waals surface area contributed by atoms with Gasteiger partial charge in [-0.15, -0.1) is 0 Å². The zero-order valence-electron chi connectivity index (χ0n) is 14.6. The Balaban J connectivity index is 1.73. The Morgan fingerprint density at radius 3 is 2.37 bits per heavy atom. The van der Waals surface area contributed by atoms with Gasteiger partial charge in [0, 0.05) is 10.6 Å². The van der Waals surface area contributed by atoms with Gasteiger partial charge < -0.3 is 14.8 Å². The van der Waals surface area contributed by atoms with Gasteiger partial charge in [-0.3, -0.25) is 9.59 Å². The SMILES string of the molecule is C[C@@H](OC(=O)CCOc1ccccc1)C(=O)Nc1ccc(SC(F)F)cc1. The van der Waals surface area contributed by atoms with Crippen molar-refractivity contribution in [2.75, 3.05) is 11.9 Å². The minimum atomic E-state index is -2.50. The van der Waals surface area contributed by atoms with Crippen LogP contribution in [0.25, 0.3) is 0 Å². The van der Waals surface area contributed by atoms with Crippen molar-refractivity contribution in [1.82, 2.24) is 0 Å². The lowest BCUT2D eigenvalue weighted by atomic mass is 10.3. The van der Waals surface area contributed by atoms with Crippen molar-refractivity contribution in [1.29, 1.82) is 0 Å². The van der Waals surface area contributed by atoms with E-state index in [4.69, 9.17) is 9.47 Å². The van der Waals surface area contributed by atoms with Gasteiger partial charge in [-0.05, 0) is 43.3 Å². The van der Waals surface area contributed by atoms with Crippen LogP contribution in [0.4, 0.5) is 14.5 Å². The number of alkyl halides is 2.